The van der Waals surface area contributed by atoms with Gasteiger partial charge in [-0.25, -0.2) is 8.42 Å². The first-order valence-electron chi connectivity index (χ1n) is 9.81. The molecule has 31 heavy (non-hydrogen) atoms. The molecule has 0 aliphatic carbocycles. The highest BCUT2D eigenvalue weighted by Gasteiger charge is 2.16. The quantitative estimate of drug-likeness (QED) is 0.447. The zero-order valence-electron chi connectivity index (χ0n) is 17.5. The lowest BCUT2D eigenvalue weighted by atomic mass is 10.0. The molecule has 9 heteroatoms. The van der Waals surface area contributed by atoms with Gasteiger partial charge in [-0.3, -0.25) is 9.12 Å². The molecule has 8 nitrogen and oxygen atoms in total. The van der Waals surface area contributed by atoms with Crippen LogP contribution in [0.25, 0.3) is 16.8 Å². The Bertz CT molecular complexity index is 1330. The summed E-state index contributed by atoms with van der Waals surface area (Å²) in [6.07, 6.45) is 1.91. The third kappa shape index (κ3) is 4.31. The Kier molecular flexibility index (Phi) is 5.51. The number of nitrogens with zero attached hydrogens (tertiary/aromatic N) is 3. The molecule has 0 amide bonds. The predicted molar refractivity (Wildman–Crippen MR) is 122 cm³/mol. The zero-order valence-corrected chi connectivity index (χ0v) is 18.3. The van der Waals surface area contributed by atoms with Crippen LogP contribution >= 0.6 is 0 Å². The number of nitrogens with one attached hydrogen (secondary N) is 2. The molecule has 2 aromatic heterocycles. The molecule has 2 aromatic carbocycles. The van der Waals surface area contributed by atoms with E-state index in [0.717, 1.165) is 22.6 Å². The first kappa shape index (κ1) is 20.7. The summed E-state index contributed by atoms with van der Waals surface area (Å²) in [5.74, 6) is 2.00. The smallest absolute Gasteiger partial charge is 0.232 e. The van der Waals surface area contributed by atoms with Crippen LogP contribution < -0.4 is 14.8 Å². The van der Waals surface area contributed by atoms with Crippen LogP contribution in [-0.4, -0.2) is 35.8 Å². The van der Waals surface area contributed by atoms with Crippen molar-refractivity contribution >= 4 is 27.0 Å². The molecule has 0 atom stereocenters. The van der Waals surface area contributed by atoms with Crippen LogP contribution in [0.4, 0.5) is 11.4 Å². The van der Waals surface area contributed by atoms with Crippen LogP contribution in [0.2, 0.25) is 0 Å². The molecular weight excluding hydrogens is 414 g/mol. The van der Waals surface area contributed by atoms with Crippen molar-refractivity contribution in [1.29, 1.82) is 0 Å². The monoisotopic (exact) mass is 437 g/mol. The van der Waals surface area contributed by atoms with Gasteiger partial charge in [0.15, 0.2) is 5.65 Å². The van der Waals surface area contributed by atoms with E-state index >= 15 is 0 Å². The van der Waals surface area contributed by atoms with Crippen LogP contribution in [0.3, 0.4) is 0 Å². The molecule has 2 heterocycles. The maximum Gasteiger partial charge on any atom is 0.232 e. The molecule has 0 saturated heterocycles. The second-order valence-corrected chi connectivity index (χ2v) is 8.98. The molecular formula is C22H23N5O3S. The number of anilines is 2. The van der Waals surface area contributed by atoms with Gasteiger partial charge in [-0.05, 0) is 50.2 Å². The van der Waals surface area contributed by atoms with E-state index in [1.807, 2.05) is 61.0 Å². The van der Waals surface area contributed by atoms with Gasteiger partial charge in [-0.15, -0.1) is 10.2 Å². The molecule has 2 N–H and O–H groups in total. The summed E-state index contributed by atoms with van der Waals surface area (Å²) in [6, 6.07) is 16.6. The van der Waals surface area contributed by atoms with Crippen LogP contribution in [-0.2, 0) is 10.0 Å². The first-order chi connectivity index (χ1) is 14.9. The fraction of sp³-hybridized carbons (Fsp3) is 0.182. The number of hydrogen-bond acceptors (Lipinski definition) is 6. The normalized spacial score (nSPS) is 11.5. The second kappa shape index (κ2) is 8.27. The van der Waals surface area contributed by atoms with E-state index in [2.05, 4.69) is 20.2 Å². The summed E-state index contributed by atoms with van der Waals surface area (Å²) in [7, 11) is -1.60. The van der Waals surface area contributed by atoms with E-state index in [1.54, 1.807) is 25.1 Å². The van der Waals surface area contributed by atoms with Crippen molar-refractivity contribution in [3.8, 4) is 22.6 Å². The van der Waals surface area contributed by atoms with E-state index < -0.39 is 10.0 Å². The summed E-state index contributed by atoms with van der Waals surface area (Å²) in [5, 5.41) is 11.5. The van der Waals surface area contributed by atoms with Gasteiger partial charge in [0, 0.05) is 30.1 Å². The average molecular weight is 438 g/mol. The summed E-state index contributed by atoms with van der Waals surface area (Å²) < 4.78 is 34.8. The number of hydrogen-bond donors (Lipinski definition) is 2. The van der Waals surface area contributed by atoms with Gasteiger partial charge >= 0.3 is 0 Å². The van der Waals surface area contributed by atoms with Gasteiger partial charge in [0.25, 0.3) is 0 Å². The standard InChI is InChI=1S/C22H23N5O3S/c1-4-31(28,29)26-17-10-11-21(30-18-8-6-5-7-9-18)19(13-17)16-12-20(23-3)22-25-24-15(2)27(22)14-16/h5-14,23,26H,4H2,1-3H3. The minimum Gasteiger partial charge on any atom is -0.457 e. The van der Waals surface area contributed by atoms with Crippen LogP contribution in [0.1, 0.15) is 12.7 Å². The number of benzene rings is 2. The molecule has 0 bridgehead atoms. The molecule has 4 rings (SSSR count). The lowest BCUT2D eigenvalue weighted by molar-refractivity contribution is 0.484. The van der Waals surface area contributed by atoms with E-state index in [-0.39, 0.29) is 5.75 Å². The fourth-order valence-corrected chi connectivity index (χ4v) is 3.84. The van der Waals surface area contributed by atoms with Gasteiger partial charge < -0.3 is 10.1 Å². The number of ether oxygens (including phenoxy) is 1. The van der Waals surface area contributed by atoms with E-state index in [4.69, 9.17) is 4.74 Å². The van der Waals surface area contributed by atoms with Crippen molar-refractivity contribution in [1.82, 2.24) is 14.6 Å². The molecule has 0 aliphatic rings. The second-order valence-electron chi connectivity index (χ2n) is 6.96. The Hall–Kier alpha value is -3.59. The Morgan fingerprint density at radius 1 is 1.06 bits per heavy atom. The Balaban J connectivity index is 1.88. The lowest BCUT2D eigenvalue weighted by Gasteiger charge is -2.15. The SMILES string of the molecule is CCS(=O)(=O)Nc1ccc(Oc2ccccc2)c(-c2cc(NC)c3nnc(C)n3c2)c1. The van der Waals surface area contributed by atoms with Gasteiger partial charge in [0.1, 0.15) is 17.3 Å². The molecule has 0 aliphatic heterocycles. The molecule has 4 aromatic rings. The molecule has 0 saturated carbocycles. The molecule has 160 valence electrons. The number of fused-ring (bicyclic) bond motifs is 1. The summed E-state index contributed by atoms with van der Waals surface area (Å²) >= 11 is 0. The molecule has 0 spiro atoms. The topological polar surface area (TPSA) is 97.6 Å². The first-order valence-corrected chi connectivity index (χ1v) is 11.5. The van der Waals surface area contributed by atoms with Crippen LogP contribution in [0.15, 0.2) is 60.8 Å². The number of aryl methyl sites for hydroxylation is 1. The van der Waals surface area contributed by atoms with Gasteiger partial charge in [-0.2, -0.15) is 0 Å². The van der Waals surface area contributed by atoms with Crippen LogP contribution in [0, 0.1) is 6.92 Å². The van der Waals surface area contributed by atoms with Crippen LogP contribution in [0.5, 0.6) is 11.5 Å². The largest absolute Gasteiger partial charge is 0.457 e. The maximum atomic E-state index is 12.1. The number of sulfonamides is 1. The summed E-state index contributed by atoms with van der Waals surface area (Å²) in [6.45, 7) is 3.47. The van der Waals surface area contributed by atoms with Crippen molar-refractivity contribution in [2.75, 3.05) is 22.8 Å². The third-order valence-electron chi connectivity index (χ3n) is 4.86. The Labute approximate surface area is 181 Å². The summed E-state index contributed by atoms with van der Waals surface area (Å²) in [5.41, 5.74) is 3.51. The highest BCUT2D eigenvalue weighted by Crippen LogP contribution is 2.37. The zero-order chi connectivity index (χ0) is 22.0. The Morgan fingerprint density at radius 3 is 2.55 bits per heavy atom. The maximum absolute atomic E-state index is 12.1. The molecule has 0 radical (unpaired) electrons. The summed E-state index contributed by atoms with van der Waals surface area (Å²) in [4.78, 5) is 0. The van der Waals surface area contributed by atoms with Crippen molar-refractivity contribution in [2.45, 2.75) is 13.8 Å². The van der Waals surface area contributed by atoms with E-state index in [9.17, 15) is 8.42 Å². The minimum absolute atomic E-state index is 0.0135. The number of para-hydroxylation sites is 1. The van der Waals surface area contributed by atoms with E-state index in [1.165, 1.54) is 0 Å². The molecule has 0 fully saturated rings. The average Bonchev–Trinajstić information content (AvgIpc) is 3.15. The van der Waals surface area contributed by atoms with Crippen molar-refractivity contribution in [3.63, 3.8) is 0 Å². The van der Waals surface area contributed by atoms with E-state index in [0.29, 0.717) is 22.8 Å². The number of rotatable bonds is 7. The molecule has 0 unspecified atom stereocenters. The Morgan fingerprint density at radius 2 is 1.84 bits per heavy atom. The van der Waals surface area contributed by atoms with Crippen molar-refractivity contribution in [2.24, 2.45) is 0 Å². The minimum atomic E-state index is -3.42. The fourth-order valence-electron chi connectivity index (χ4n) is 3.21. The van der Waals surface area contributed by atoms with Gasteiger partial charge in [0.2, 0.25) is 10.0 Å². The van der Waals surface area contributed by atoms with Gasteiger partial charge in [-0.1, -0.05) is 18.2 Å². The van der Waals surface area contributed by atoms with Crippen molar-refractivity contribution in [3.05, 3.63) is 66.6 Å². The van der Waals surface area contributed by atoms with Gasteiger partial charge in [0.05, 0.1) is 11.4 Å². The highest BCUT2D eigenvalue weighted by molar-refractivity contribution is 7.92. The van der Waals surface area contributed by atoms with Crippen molar-refractivity contribution < 1.29 is 13.2 Å². The highest BCUT2D eigenvalue weighted by atomic mass is 32.2. The number of pyridine rings is 1. The predicted octanol–water partition coefficient (Wildman–Crippen LogP) is 4.30. The lowest BCUT2D eigenvalue weighted by Crippen LogP contribution is -2.14. The number of aromatic nitrogens is 3. The third-order valence-corrected chi connectivity index (χ3v) is 6.17.